The highest BCUT2D eigenvalue weighted by Gasteiger charge is 2.40. The molecule has 2 heterocycles. The van der Waals surface area contributed by atoms with E-state index in [-0.39, 0.29) is 23.8 Å². The van der Waals surface area contributed by atoms with Gasteiger partial charge >= 0.3 is 0 Å². The van der Waals surface area contributed by atoms with Crippen molar-refractivity contribution < 1.29 is 9.59 Å². The highest BCUT2D eigenvalue weighted by Crippen LogP contribution is 2.35. The molecule has 1 unspecified atom stereocenters. The van der Waals surface area contributed by atoms with Gasteiger partial charge in [-0.2, -0.15) is 5.10 Å². The van der Waals surface area contributed by atoms with Crippen LogP contribution in [-0.2, 0) is 11.8 Å². The molecular formula is C19H24N4O2. The van der Waals surface area contributed by atoms with Crippen molar-refractivity contribution in [3.63, 3.8) is 0 Å². The van der Waals surface area contributed by atoms with Crippen molar-refractivity contribution in [1.29, 1.82) is 0 Å². The van der Waals surface area contributed by atoms with E-state index >= 15 is 0 Å². The van der Waals surface area contributed by atoms with Crippen LogP contribution in [0.25, 0.3) is 0 Å². The van der Waals surface area contributed by atoms with Crippen molar-refractivity contribution in [2.45, 2.75) is 39.3 Å². The SMILES string of the molecule is CC[C@H](C)[C@H]1C(=O)Nc2ccccc2C(C)N1C(=O)c1cnn(C)c1. The number of anilines is 1. The first-order chi connectivity index (χ1) is 11.9. The first-order valence-electron chi connectivity index (χ1n) is 8.65. The summed E-state index contributed by atoms with van der Waals surface area (Å²) in [6, 6.07) is 6.92. The molecule has 3 rings (SSSR count). The fraction of sp³-hybridized carbons (Fsp3) is 0.421. The third-order valence-electron chi connectivity index (χ3n) is 5.02. The van der Waals surface area contributed by atoms with E-state index in [9.17, 15) is 9.59 Å². The van der Waals surface area contributed by atoms with Crippen LogP contribution in [0.1, 0.15) is 49.2 Å². The van der Waals surface area contributed by atoms with Crippen molar-refractivity contribution in [2.24, 2.45) is 13.0 Å². The Balaban J connectivity index is 2.11. The Bertz CT molecular complexity index is 798. The Labute approximate surface area is 147 Å². The van der Waals surface area contributed by atoms with Crippen LogP contribution in [0, 0.1) is 5.92 Å². The maximum atomic E-state index is 13.3. The lowest BCUT2D eigenvalue weighted by atomic mass is 9.94. The molecule has 0 saturated carbocycles. The number of carbonyl (C=O) groups is 2. The summed E-state index contributed by atoms with van der Waals surface area (Å²) in [6.45, 7) is 6.02. The van der Waals surface area contributed by atoms with Crippen molar-refractivity contribution >= 4 is 17.5 Å². The Morgan fingerprint density at radius 2 is 2.08 bits per heavy atom. The molecule has 2 aromatic rings. The van der Waals surface area contributed by atoms with E-state index in [1.165, 1.54) is 0 Å². The third-order valence-corrected chi connectivity index (χ3v) is 5.02. The summed E-state index contributed by atoms with van der Waals surface area (Å²) >= 11 is 0. The molecule has 0 saturated heterocycles. The van der Waals surface area contributed by atoms with Crippen LogP contribution in [0.4, 0.5) is 5.69 Å². The smallest absolute Gasteiger partial charge is 0.258 e. The van der Waals surface area contributed by atoms with Gasteiger partial charge in [-0.3, -0.25) is 14.3 Å². The van der Waals surface area contributed by atoms with E-state index in [0.29, 0.717) is 5.56 Å². The Kier molecular flexibility index (Phi) is 4.61. The zero-order valence-electron chi connectivity index (χ0n) is 15.1. The van der Waals surface area contributed by atoms with Crippen molar-refractivity contribution in [1.82, 2.24) is 14.7 Å². The lowest BCUT2D eigenvalue weighted by molar-refractivity contribution is -0.122. The number of nitrogens with zero attached hydrogens (tertiary/aromatic N) is 3. The maximum absolute atomic E-state index is 13.3. The molecule has 0 radical (unpaired) electrons. The standard InChI is InChI=1S/C19H24N4O2/c1-5-12(2)17-18(24)21-16-9-7-6-8-15(16)13(3)23(17)19(25)14-10-20-22(4)11-14/h6-13,17H,5H2,1-4H3,(H,21,24)/t12-,13?,17-/m0/s1. The lowest BCUT2D eigenvalue weighted by Gasteiger charge is -2.36. The van der Waals surface area contributed by atoms with Gasteiger partial charge in [0.15, 0.2) is 0 Å². The average Bonchev–Trinajstić information content (AvgIpc) is 3.00. The normalized spacial score (nSPS) is 21.3. The number of aromatic nitrogens is 2. The minimum Gasteiger partial charge on any atom is -0.324 e. The van der Waals surface area contributed by atoms with Crippen molar-refractivity contribution in [3.05, 3.63) is 47.8 Å². The Morgan fingerprint density at radius 1 is 1.36 bits per heavy atom. The fourth-order valence-corrected chi connectivity index (χ4v) is 3.44. The monoisotopic (exact) mass is 340 g/mol. The van der Waals surface area contributed by atoms with E-state index in [1.807, 2.05) is 45.0 Å². The highest BCUT2D eigenvalue weighted by molar-refractivity contribution is 6.02. The second kappa shape index (κ2) is 6.70. The number of carbonyl (C=O) groups excluding carboxylic acids is 2. The van der Waals surface area contributed by atoms with Crippen molar-refractivity contribution in [3.8, 4) is 0 Å². The van der Waals surface area contributed by atoms with Gasteiger partial charge in [-0.1, -0.05) is 38.5 Å². The Morgan fingerprint density at radius 3 is 2.72 bits per heavy atom. The topological polar surface area (TPSA) is 67.2 Å². The van der Waals surface area contributed by atoms with Crippen molar-refractivity contribution in [2.75, 3.05) is 5.32 Å². The van der Waals surface area contributed by atoms with E-state index in [0.717, 1.165) is 17.7 Å². The van der Waals surface area contributed by atoms with Gasteiger partial charge in [0.2, 0.25) is 5.91 Å². The van der Waals surface area contributed by atoms with E-state index in [4.69, 9.17) is 0 Å². The quantitative estimate of drug-likeness (QED) is 0.934. The van der Waals surface area contributed by atoms with Gasteiger partial charge in [0.1, 0.15) is 6.04 Å². The van der Waals surface area contributed by atoms with E-state index in [2.05, 4.69) is 10.4 Å². The van der Waals surface area contributed by atoms with E-state index in [1.54, 1.807) is 29.0 Å². The molecule has 1 aromatic carbocycles. The number of fused-ring (bicyclic) bond motifs is 1. The molecule has 6 heteroatoms. The zero-order chi connectivity index (χ0) is 18.1. The summed E-state index contributed by atoms with van der Waals surface area (Å²) in [5.74, 6) is -0.265. The number of para-hydroxylation sites is 1. The molecule has 25 heavy (non-hydrogen) atoms. The molecule has 1 aromatic heterocycles. The lowest BCUT2D eigenvalue weighted by Crippen LogP contribution is -2.50. The molecule has 2 amide bonds. The van der Waals surface area contributed by atoms with Crippen LogP contribution in [0.2, 0.25) is 0 Å². The predicted molar refractivity (Wildman–Crippen MR) is 96.1 cm³/mol. The molecule has 132 valence electrons. The van der Waals surface area contributed by atoms with Crippen LogP contribution in [-0.4, -0.2) is 32.5 Å². The molecular weight excluding hydrogens is 316 g/mol. The molecule has 1 aliphatic heterocycles. The van der Waals surface area contributed by atoms with Gasteiger partial charge < -0.3 is 10.2 Å². The number of aryl methyl sites for hydroxylation is 1. The van der Waals surface area contributed by atoms with Crippen LogP contribution >= 0.6 is 0 Å². The number of benzene rings is 1. The average molecular weight is 340 g/mol. The predicted octanol–water partition coefficient (Wildman–Crippen LogP) is 2.99. The van der Waals surface area contributed by atoms with Gasteiger partial charge in [0.25, 0.3) is 5.91 Å². The maximum Gasteiger partial charge on any atom is 0.258 e. The van der Waals surface area contributed by atoms with Gasteiger partial charge in [-0.25, -0.2) is 0 Å². The molecule has 0 spiro atoms. The third kappa shape index (κ3) is 3.04. The second-order valence-corrected chi connectivity index (χ2v) is 6.70. The van der Waals surface area contributed by atoms with E-state index < -0.39 is 6.04 Å². The first kappa shape index (κ1) is 17.2. The molecule has 3 atom stereocenters. The number of nitrogens with one attached hydrogen (secondary N) is 1. The molecule has 0 bridgehead atoms. The number of hydrogen-bond donors (Lipinski definition) is 1. The summed E-state index contributed by atoms with van der Waals surface area (Å²) < 4.78 is 1.60. The number of amides is 2. The summed E-state index contributed by atoms with van der Waals surface area (Å²) in [5.41, 5.74) is 2.21. The summed E-state index contributed by atoms with van der Waals surface area (Å²) in [7, 11) is 1.77. The van der Waals surface area contributed by atoms with Crippen LogP contribution < -0.4 is 5.32 Å². The highest BCUT2D eigenvalue weighted by atomic mass is 16.2. The Hall–Kier alpha value is -2.63. The van der Waals surface area contributed by atoms with Gasteiger partial charge in [-0.15, -0.1) is 0 Å². The van der Waals surface area contributed by atoms with Gasteiger partial charge in [0.05, 0.1) is 17.8 Å². The zero-order valence-corrected chi connectivity index (χ0v) is 15.1. The van der Waals surface area contributed by atoms with Gasteiger partial charge in [-0.05, 0) is 24.5 Å². The fourth-order valence-electron chi connectivity index (χ4n) is 3.44. The summed E-state index contributed by atoms with van der Waals surface area (Å²) in [6.07, 6.45) is 4.05. The summed E-state index contributed by atoms with van der Waals surface area (Å²) in [5, 5.41) is 7.11. The number of hydrogen-bond acceptors (Lipinski definition) is 3. The molecule has 1 N–H and O–H groups in total. The minimum atomic E-state index is -0.528. The molecule has 1 aliphatic rings. The van der Waals surface area contributed by atoms with Crippen LogP contribution in [0.15, 0.2) is 36.7 Å². The first-order valence-corrected chi connectivity index (χ1v) is 8.65. The second-order valence-electron chi connectivity index (χ2n) is 6.70. The molecule has 0 fully saturated rings. The summed E-state index contributed by atoms with van der Waals surface area (Å²) in [4.78, 5) is 27.9. The number of rotatable bonds is 3. The molecule has 6 nitrogen and oxygen atoms in total. The van der Waals surface area contributed by atoms with Crippen LogP contribution in [0.5, 0.6) is 0 Å². The minimum absolute atomic E-state index is 0.0392. The largest absolute Gasteiger partial charge is 0.324 e. The molecule has 0 aliphatic carbocycles. The van der Waals surface area contributed by atoms with Gasteiger partial charge in [0, 0.05) is 18.9 Å². The van der Waals surface area contributed by atoms with Crippen LogP contribution in [0.3, 0.4) is 0 Å².